The molecule has 3 rings (SSSR count). The fourth-order valence-corrected chi connectivity index (χ4v) is 3.13. The van der Waals surface area contributed by atoms with Gasteiger partial charge in [-0.1, -0.05) is 42.5 Å². The molecule has 0 aliphatic heterocycles. The summed E-state index contributed by atoms with van der Waals surface area (Å²) in [6, 6.07) is 17.8. The van der Waals surface area contributed by atoms with Gasteiger partial charge in [0.1, 0.15) is 11.2 Å². The zero-order valence-corrected chi connectivity index (χ0v) is 15.7. The minimum atomic E-state index is -0.870. The summed E-state index contributed by atoms with van der Waals surface area (Å²) in [5.74, 6) is 0.482. The number of amides is 2. The molecule has 1 fully saturated rings. The minimum absolute atomic E-state index is 0.155. The molecule has 1 aliphatic rings. The monoisotopic (exact) mass is 366 g/mol. The smallest absolute Gasteiger partial charge is 0.235 e. The molecule has 5 nitrogen and oxygen atoms in total. The van der Waals surface area contributed by atoms with Crippen molar-refractivity contribution in [3.05, 3.63) is 65.7 Å². The maximum absolute atomic E-state index is 12.5. The van der Waals surface area contributed by atoms with Gasteiger partial charge >= 0.3 is 0 Å². The molecule has 0 unspecified atom stereocenters. The van der Waals surface area contributed by atoms with E-state index in [1.807, 2.05) is 54.6 Å². The number of hydrogen-bond acceptors (Lipinski definition) is 3. The highest BCUT2D eigenvalue weighted by molar-refractivity contribution is 6.07. The molecule has 1 saturated carbocycles. The van der Waals surface area contributed by atoms with Crippen LogP contribution in [0.2, 0.25) is 0 Å². The van der Waals surface area contributed by atoms with E-state index in [1.165, 1.54) is 5.56 Å². The van der Waals surface area contributed by atoms with Crippen LogP contribution in [-0.2, 0) is 22.4 Å². The highest BCUT2D eigenvalue weighted by atomic mass is 16.5. The lowest BCUT2D eigenvalue weighted by Gasteiger charge is -2.15. The van der Waals surface area contributed by atoms with Crippen LogP contribution >= 0.6 is 0 Å². The Labute approximate surface area is 160 Å². The number of rotatable bonds is 9. The van der Waals surface area contributed by atoms with Crippen molar-refractivity contribution in [2.45, 2.75) is 25.7 Å². The maximum atomic E-state index is 12.5. The molecule has 0 saturated heterocycles. The van der Waals surface area contributed by atoms with Crippen LogP contribution in [0.5, 0.6) is 5.75 Å². The lowest BCUT2D eigenvalue weighted by atomic mass is 10.0. The molecule has 27 heavy (non-hydrogen) atoms. The number of ether oxygens (including phenoxy) is 1. The van der Waals surface area contributed by atoms with E-state index in [0.29, 0.717) is 32.4 Å². The highest BCUT2D eigenvalue weighted by Gasteiger charge is 2.56. The molecule has 142 valence electrons. The van der Waals surface area contributed by atoms with Gasteiger partial charge < -0.3 is 15.4 Å². The van der Waals surface area contributed by atoms with Gasteiger partial charge in [-0.15, -0.1) is 0 Å². The molecule has 0 aromatic heterocycles. The third-order valence-corrected chi connectivity index (χ3v) is 4.99. The first-order valence-corrected chi connectivity index (χ1v) is 9.37. The lowest BCUT2D eigenvalue weighted by Crippen LogP contribution is -2.44. The zero-order valence-electron chi connectivity index (χ0n) is 15.7. The van der Waals surface area contributed by atoms with Gasteiger partial charge in [-0.3, -0.25) is 9.59 Å². The van der Waals surface area contributed by atoms with Gasteiger partial charge in [-0.05, 0) is 48.9 Å². The van der Waals surface area contributed by atoms with Crippen molar-refractivity contribution in [2.24, 2.45) is 5.41 Å². The number of nitrogens with one attached hydrogen (secondary N) is 2. The van der Waals surface area contributed by atoms with Gasteiger partial charge in [-0.2, -0.15) is 0 Å². The van der Waals surface area contributed by atoms with Crippen LogP contribution in [0.25, 0.3) is 0 Å². The summed E-state index contributed by atoms with van der Waals surface area (Å²) in [4.78, 5) is 25.0. The summed E-state index contributed by atoms with van der Waals surface area (Å²) in [6.07, 6.45) is 2.71. The van der Waals surface area contributed by atoms with Crippen LogP contribution in [0.1, 0.15) is 24.0 Å². The van der Waals surface area contributed by atoms with Gasteiger partial charge in [0.15, 0.2) is 0 Å². The van der Waals surface area contributed by atoms with Crippen molar-refractivity contribution in [1.82, 2.24) is 10.6 Å². The van der Waals surface area contributed by atoms with Crippen molar-refractivity contribution in [3.8, 4) is 5.75 Å². The summed E-state index contributed by atoms with van der Waals surface area (Å²) in [5, 5.41) is 5.84. The quantitative estimate of drug-likeness (QED) is 0.670. The van der Waals surface area contributed by atoms with E-state index >= 15 is 0 Å². The summed E-state index contributed by atoms with van der Waals surface area (Å²) in [5.41, 5.74) is 1.39. The second kappa shape index (κ2) is 8.71. The Bertz CT molecular complexity index is 785. The summed E-state index contributed by atoms with van der Waals surface area (Å²) < 4.78 is 5.21. The molecule has 2 aromatic rings. The number of hydrogen-bond donors (Lipinski definition) is 2. The van der Waals surface area contributed by atoms with Gasteiger partial charge in [0.2, 0.25) is 11.8 Å². The largest absolute Gasteiger partial charge is 0.497 e. The van der Waals surface area contributed by atoms with Crippen LogP contribution in [0, 0.1) is 5.41 Å². The van der Waals surface area contributed by atoms with Crippen LogP contribution in [0.15, 0.2) is 54.6 Å². The van der Waals surface area contributed by atoms with E-state index in [0.717, 1.165) is 17.7 Å². The van der Waals surface area contributed by atoms with E-state index in [4.69, 9.17) is 4.74 Å². The van der Waals surface area contributed by atoms with Crippen LogP contribution < -0.4 is 15.4 Å². The standard InChI is InChI=1S/C22H26N2O3/c1-27-19-9-5-8-18(16-19)11-15-24-21(26)22(12-13-22)20(25)23-14-10-17-6-3-2-4-7-17/h2-9,16H,10-15H2,1H3,(H,23,25)(H,24,26). The molecule has 2 amide bonds. The molecule has 0 heterocycles. The zero-order chi connectivity index (χ0) is 19.1. The van der Waals surface area contributed by atoms with E-state index in [-0.39, 0.29) is 11.8 Å². The Kier molecular flexibility index (Phi) is 6.12. The van der Waals surface area contributed by atoms with Gasteiger partial charge in [0.05, 0.1) is 7.11 Å². The molecule has 0 radical (unpaired) electrons. The van der Waals surface area contributed by atoms with Crippen molar-refractivity contribution < 1.29 is 14.3 Å². The number of carbonyl (C=O) groups excluding carboxylic acids is 2. The Morgan fingerprint density at radius 1 is 0.889 bits per heavy atom. The van der Waals surface area contributed by atoms with Crippen molar-refractivity contribution >= 4 is 11.8 Å². The molecule has 5 heteroatoms. The average Bonchev–Trinajstić information content (AvgIpc) is 3.51. The van der Waals surface area contributed by atoms with Gasteiger partial charge in [0.25, 0.3) is 0 Å². The summed E-state index contributed by atoms with van der Waals surface area (Å²) in [6.45, 7) is 1.05. The fourth-order valence-electron chi connectivity index (χ4n) is 3.13. The molecule has 1 aliphatic carbocycles. The third kappa shape index (κ3) is 4.88. The third-order valence-electron chi connectivity index (χ3n) is 4.99. The molecular weight excluding hydrogens is 340 g/mol. The van der Waals surface area contributed by atoms with Gasteiger partial charge in [-0.25, -0.2) is 0 Å². The summed E-state index contributed by atoms with van der Waals surface area (Å²) >= 11 is 0. The van der Waals surface area contributed by atoms with Crippen molar-refractivity contribution in [2.75, 3.05) is 20.2 Å². The van der Waals surface area contributed by atoms with Crippen molar-refractivity contribution in [1.29, 1.82) is 0 Å². The predicted molar refractivity (Wildman–Crippen MR) is 105 cm³/mol. The Morgan fingerprint density at radius 3 is 2.07 bits per heavy atom. The topological polar surface area (TPSA) is 67.4 Å². The molecule has 2 N–H and O–H groups in total. The van der Waals surface area contributed by atoms with Crippen molar-refractivity contribution in [3.63, 3.8) is 0 Å². The van der Waals surface area contributed by atoms with E-state index in [2.05, 4.69) is 10.6 Å². The lowest BCUT2D eigenvalue weighted by molar-refractivity contribution is -0.137. The Balaban J connectivity index is 1.43. The fraction of sp³-hybridized carbons (Fsp3) is 0.364. The SMILES string of the molecule is COc1cccc(CCNC(=O)C2(C(=O)NCCc3ccccc3)CC2)c1. The Morgan fingerprint density at radius 2 is 1.48 bits per heavy atom. The van der Waals surface area contributed by atoms with Gasteiger partial charge in [0, 0.05) is 13.1 Å². The minimum Gasteiger partial charge on any atom is -0.497 e. The molecule has 0 spiro atoms. The first kappa shape index (κ1) is 19.0. The predicted octanol–water partition coefficient (Wildman–Crippen LogP) is 2.49. The maximum Gasteiger partial charge on any atom is 0.235 e. The second-order valence-corrected chi connectivity index (χ2v) is 6.93. The number of benzene rings is 2. The molecule has 0 atom stereocenters. The molecule has 0 bridgehead atoms. The Hall–Kier alpha value is -2.82. The summed E-state index contributed by atoms with van der Waals surface area (Å²) in [7, 11) is 1.63. The van der Waals surface area contributed by atoms with E-state index in [9.17, 15) is 9.59 Å². The average molecular weight is 366 g/mol. The molecular formula is C22H26N2O3. The van der Waals surface area contributed by atoms with E-state index in [1.54, 1.807) is 7.11 Å². The number of carbonyl (C=O) groups is 2. The first-order valence-electron chi connectivity index (χ1n) is 9.37. The van der Waals surface area contributed by atoms with E-state index < -0.39 is 5.41 Å². The van der Waals surface area contributed by atoms with Crippen LogP contribution in [0.3, 0.4) is 0 Å². The second-order valence-electron chi connectivity index (χ2n) is 6.93. The normalized spacial score (nSPS) is 14.3. The number of methoxy groups -OCH3 is 1. The van der Waals surface area contributed by atoms with Crippen LogP contribution in [-0.4, -0.2) is 32.0 Å². The first-order chi connectivity index (χ1) is 13.1. The highest BCUT2D eigenvalue weighted by Crippen LogP contribution is 2.46. The van der Waals surface area contributed by atoms with Crippen LogP contribution in [0.4, 0.5) is 0 Å². The molecule has 2 aromatic carbocycles.